The van der Waals surface area contributed by atoms with Gasteiger partial charge in [0.2, 0.25) is 11.8 Å². The number of anilines is 1. The molecule has 2 aromatic heterocycles. The van der Waals surface area contributed by atoms with Gasteiger partial charge in [-0.15, -0.1) is 21.5 Å². The molecule has 4 fully saturated rings. The molecule has 0 aromatic carbocycles. The van der Waals surface area contributed by atoms with Crippen molar-refractivity contribution < 1.29 is 9.21 Å². The predicted molar refractivity (Wildman–Crippen MR) is 138 cm³/mol. The monoisotopic (exact) mass is 510 g/mol. The molecule has 1 amide bonds. The second-order valence-electron chi connectivity index (χ2n) is 12.5. The van der Waals surface area contributed by atoms with Crippen molar-refractivity contribution >= 4 is 34.0 Å². The second kappa shape index (κ2) is 8.62. The zero-order chi connectivity index (χ0) is 24.4. The van der Waals surface area contributed by atoms with Gasteiger partial charge in [-0.3, -0.25) is 4.79 Å². The quantitative estimate of drug-likeness (QED) is 0.471. The van der Waals surface area contributed by atoms with Crippen molar-refractivity contribution in [3.63, 3.8) is 0 Å². The fraction of sp³-hybridized carbons (Fsp3) is 0.704. The van der Waals surface area contributed by atoms with Crippen molar-refractivity contribution in [1.82, 2.24) is 10.2 Å². The summed E-state index contributed by atoms with van der Waals surface area (Å²) in [5.41, 5.74) is 2.11. The first-order valence-corrected chi connectivity index (χ1v) is 14.8. The molecule has 4 saturated carbocycles. The molecule has 7 rings (SSSR count). The number of rotatable bonds is 5. The average molecular weight is 511 g/mol. The summed E-state index contributed by atoms with van der Waals surface area (Å²) >= 11 is 2.87. The van der Waals surface area contributed by atoms with Crippen LogP contribution in [0.15, 0.2) is 9.64 Å². The highest BCUT2D eigenvalue weighted by molar-refractivity contribution is 7.99. The minimum absolute atomic E-state index is 0.0749. The topological polar surface area (TPSA) is 91.8 Å². The lowest BCUT2D eigenvalue weighted by molar-refractivity contribution is -0.113. The van der Waals surface area contributed by atoms with E-state index in [1.165, 1.54) is 55.2 Å². The van der Waals surface area contributed by atoms with Crippen LogP contribution in [0, 0.1) is 40.4 Å². The summed E-state index contributed by atoms with van der Waals surface area (Å²) in [6.45, 7) is 6.86. The molecular weight excluding hydrogens is 476 g/mol. The molecule has 0 spiro atoms. The summed E-state index contributed by atoms with van der Waals surface area (Å²) in [6.07, 6.45) is 10.7. The van der Waals surface area contributed by atoms with Gasteiger partial charge in [0.15, 0.2) is 0 Å². The molecule has 0 saturated heterocycles. The van der Waals surface area contributed by atoms with E-state index < -0.39 is 0 Å². The number of nitrogens with one attached hydrogen (secondary N) is 1. The molecule has 5 aliphatic carbocycles. The van der Waals surface area contributed by atoms with Gasteiger partial charge in [0.1, 0.15) is 11.1 Å². The Balaban J connectivity index is 1.10. The first kappa shape index (κ1) is 23.5. The summed E-state index contributed by atoms with van der Waals surface area (Å²) in [5, 5.41) is 22.7. The number of thioether (sulfide) groups is 1. The van der Waals surface area contributed by atoms with Gasteiger partial charge in [-0.2, -0.15) is 5.26 Å². The SMILES string of the molecule is CC(C)(C)[C@H]1CCc2c(sc(NC(=O)CSc3nnc(C45CC6CC(CC(C6)C4)C5)o3)c2C#N)C1. The van der Waals surface area contributed by atoms with Crippen LogP contribution in [0.2, 0.25) is 0 Å². The first-order chi connectivity index (χ1) is 16.7. The Morgan fingerprint density at radius 3 is 2.51 bits per heavy atom. The molecule has 0 aliphatic heterocycles. The van der Waals surface area contributed by atoms with Gasteiger partial charge in [-0.25, -0.2) is 0 Å². The van der Waals surface area contributed by atoms with Crippen LogP contribution in [0.3, 0.4) is 0 Å². The highest BCUT2D eigenvalue weighted by Crippen LogP contribution is 2.60. The summed E-state index contributed by atoms with van der Waals surface area (Å²) < 4.78 is 6.13. The molecule has 186 valence electrons. The number of carbonyl (C=O) groups is 1. The Bertz CT molecular complexity index is 1150. The lowest BCUT2D eigenvalue weighted by atomic mass is 9.49. The van der Waals surface area contributed by atoms with E-state index in [4.69, 9.17) is 4.42 Å². The number of nitriles is 1. The molecule has 0 radical (unpaired) electrons. The Labute approximate surface area is 215 Å². The first-order valence-electron chi connectivity index (χ1n) is 13.0. The molecular formula is C27H34N4O2S2. The highest BCUT2D eigenvalue weighted by Gasteiger charge is 2.54. The number of aromatic nitrogens is 2. The molecule has 1 N–H and O–H groups in total. The van der Waals surface area contributed by atoms with Crippen molar-refractivity contribution in [2.45, 2.75) is 89.2 Å². The van der Waals surface area contributed by atoms with E-state index >= 15 is 0 Å². The van der Waals surface area contributed by atoms with Gasteiger partial charge >= 0.3 is 0 Å². The van der Waals surface area contributed by atoms with Crippen molar-refractivity contribution in [2.24, 2.45) is 29.1 Å². The summed E-state index contributed by atoms with van der Waals surface area (Å²) in [7, 11) is 0. The van der Waals surface area contributed by atoms with E-state index in [9.17, 15) is 10.1 Å². The molecule has 4 bridgehead atoms. The maximum Gasteiger partial charge on any atom is 0.277 e. The van der Waals surface area contributed by atoms with E-state index in [-0.39, 0.29) is 22.5 Å². The van der Waals surface area contributed by atoms with Crippen molar-refractivity contribution in [3.05, 3.63) is 21.9 Å². The minimum Gasteiger partial charge on any atom is -0.415 e. The fourth-order valence-corrected chi connectivity index (χ4v) is 9.53. The molecule has 2 heterocycles. The Hall–Kier alpha value is -1.85. The van der Waals surface area contributed by atoms with Gasteiger partial charge in [0.25, 0.3) is 5.22 Å². The van der Waals surface area contributed by atoms with E-state index in [0.717, 1.165) is 48.5 Å². The molecule has 5 aliphatic rings. The predicted octanol–water partition coefficient (Wildman–Crippen LogP) is 6.35. The molecule has 6 nitrogen and oxygen atoms in total. The van der Waals surface area contributed by atoms with Crippen molar-refractivity contribution in [2.75, 3.05) is 11.1 Å². The normalized spacial score (nSPS) is 31.3. The van der Waals surface area contributed by atoms with E-state index in [2.05, 4.69) is 42.4 Å². The standard InChI is InChI=1S/C27H34N4O2S2/c1-26(2,3)18-4-5-19-20(13-28)23(35-21(19)9-18)29-22(32)14-34-25-31-30-24(33-25)27-10-15-6-16(11-27)8-17(7-15)12-27/h15-18H,4-12,14H2,1-3H3,(H,29,32)/t15?,16?,17?,18-,27?/m0/s1. The van der Waals surface area contributed by atoms with Gasteiger partial charge in [-0.1, -0.05) is 32.5 Å². The number of hydrogen-bond donors (Lipinski definition) is 1. The van der Waals surface area contributed by atoms with Gasteiger partial charge < -0.3 is 9.73 Å². The Morgan fingerprint density at radius 2 is 1.89 bits per heavy atom. The fourth-order valence-electron chi connectivity index (χ4n) is 7.68. The number of thiophene rings is 1. The Morgan fingerprint density at radius 1 is 1.20 bits per heavy atom. The number of amides is 1. The Kier molecular flexibility index (Phi) is 5.80. The largest absolute Gasteiger partial charge is 0.415 e. The van der Waals surface area contributed by atoms with Crippen LogP contribution >= 0.6 is 23.1 Å². The smallest absolute Gasteiger partial charge is 0.277 e. The highest BCUT2D eigenvalue weighted by atomic mass is 32.2. The number of hydrogen-bond acceptors (Lipinski definition) is 7. The van der Waals surface area contributed by atoms with Gasteiger partial charge in [-0.05, 0) is 92.4 Å². The molecule has 35 heavy (non-hydrogen) atoms. The summed E-state index contributed by atoms with van der Waals surface area (Å²) in [5.74, 6) is 3.91. The summed E-state index contributed by atoms with van der Waals surface area (Å²) in [6, 6.07) is 2.35. The average Bonchev–Trinajstić information content (AvgIpc) is 3.40. The zero-order valence-corrected chi connectivity index (χ0v) is 22.5. The third-order valence-corrected chi connectivity index (χ3v) is 11.1. The van der Waals surface area contributed by atoms with Crippen LogP contribution in [-0.2, 0) is 23.1 Å². The minimum atomic E-state index is -0.132. The van der Waals surface area contributed by atoms with Crippen molar-refractivity contribution in [1.29, 1.82) is 5.26 Å². The third-order valence-electron chi connectivity index (χ3n) is 9.08. The van der Waals surface area contributed by atoms with E-state index in [0.29, 0.717) is 21.7 Å². The van der Waals surface area contributed by atoms with Crippen LogP contribution in [0.5, 0.6) is 0 Å². The number of nitrogens with zero attached hydrogens (tertiary/aromatic N) is 3. The molecule has 2 aromatic rings. The number of carbonyl (C=O) groups excluding carboxylic acids is 1. The van der Waals surface area contributed by atoms with Crippen LogP contribution in [0.25, 0.3) is 0 Å². The van der Waals surface area contributed by atoms with Crippen LogP contribution in [0.1, 0.15) is 87.6 Å². The maximum absolute atomic E-state index is 12.8. The third kappa shape index (κ3) is 4.33. The van der Waals surface area contributed by atoms with Gasteiger partial charge in [0.05, 0.1) is 11.3 Å². The van der Waals surface area contributed by atoms with E-state index in [1.807, 2.05) is 0 Å². The van der Waals surface area contributed by atoms with E-state index in [1.54, 1.807) is 11.3 Å². The van der Waals surface area contributed by atoms with Crippen LogP contribution in [0.4, 0.5) is 5.00 Å². The lowest BCUT2D eigenvalue weighted by Gasteiger charge is -2.55. The van der Waals surface area contributed by atoms with Crippen LogP contribution in [-0.4, -0.2) is 21.9 Å². The molecule has 8 heteroatoms. The lowest BCUT2D eigenvalue weighted by Crippen LogP contribution is -2.48. The van der Waals surface area contributed by atoms with Crippen LogP contribution < -0.4 is 5.32 Å². The zero-order valence-electron chi connectivity index (χ0n) is 20.9. The second-order valence-corrected chi connectivity index (χ2v) is 14.6. The molecule has 0 unspecified atom stereocenters. The number of fused-ring (bicyclic) bond motifs is 1. The van der Waals surface area contributed by atoms with Gasteiger partial charge in [0, 0.05) is 10.3 Å². The molecule has 1 atom stereocenters. The maximum atomic E-state index is 12.8. The summed E-state index contributed by atoms with van der Waals surface area (Å²) in [4.78, 5) is 14.1. The van der Waals surface area contributed by atoms with Crippen molar-refractivity contribution in [3.8, 4) is 6.07 Å².